The van der Waals surface area contributed by atoms with Crippen LogP contribution in [-0.4, -0.2) is 40.6 Å². The summed E-state index contributed by atoms with van der Waals surface area (Å²) in [4.78, 5) is 43.6. The molecule has 7 nitrogen and oxygen atoms in total. The van der Waals surface area contributed by atoms with Gasteiger partial charge in [-0.3, -0.25) is 14.4 Å². The van der Waals surface area contributed by atoms with E-state index in [-0.39, 0.29) is 43.5 Å². The van der Waals surface area contributed by atoms with E-state index < -0.39 is 17.6 Å². The highest BCUT2D eigenvalue weighted by molar-refractivity contribution is 5.92. The first-order valence-electron chi connectivity index (χ1n) is 11.9. The third kappa shape index (κ3) is 6.21. The van der Waals surface area contributed by atoms with Crippen molar-refractivity contribution in [3.8, 4) is 0 Å². The molecule has 0 aliphatic carbocycles. The minimum Gasteiger partial charge on any atom is -0.383 e. The highest BCUT2D eigenvalue weighted by Gasteiger charge is 2.26. The Morgan fingerprint density at radius 3 is 2.64 bits per heavy atom. The molecule has 188 valence electrons. The van der Waals surface area contributed by atoms with Crippen LogP contribution in [0.3, 0.4) is 0 Å². The van der Waals surface area contributed by atoms with Crippen molar-refractivity contribution in [2.24, 2.45) is 5.92 Å². The van der Waals surface area contributed by atoms with Crippen LogP contribution in [0.25, 0.3) is 10.8 Å². The molecule has 3 aromatic rings. The molecule has 2 aromatic carbocycles. The number of piperidine rings is 1. The van der Waals surface area contributed by atoms with Crippen molar-refractivity contribution in [1.29, 1.82) is 0 Å². The number of Topliss-reactive ketones (excluding diaryl/α,β-unsaturated/α-hetero) is 1. The van der Waals surface area contributed by atoms with Crippen LogP contribution in [0, 0.1) is 17.6 Å². The van der Waals surface area contributed by atoms with Crippen LogP contribution >= 0.6 is 0 Å². The summed E-state index contributed by atoms with van der Waals surface area (Å²) in [5, 5.41) is 4.55. The number of hydrogen-bond donors (Lipinski definition) is 2. The number of nitrogens with one attached hydrogen (secondary N) is 1. The number of likely N-dealkylation sites (tertiary alicyclic amines) is 1. The van der Waals surface area contributed by atoms with E-state index in [0.29, 0.717) is 24.3 Å². The van der Waals surface area contributed by atoms with Gasteiger partial charge in [0.1, 0.15) is 5.82 Å². The second kappa shape index (κ2) is 11.2. The first-order valence-corrected chi connectivity index (χ1v) is 11.9. The van der Waals surface area contributed by atoms with E-state index >= 15 is 0 Å². The number of pyridine rings is 1. The van der Waals surface area contributed by atoms with E-state index in [1.807, 2.05) is 24.3 Å². The lowest BCUT2D eigenvalue weighted by molar-refractivity contribution is -0.138. The Bertz CT molecular complexity index is 1300. The molecule has 1 atom stereocenters. The third-order valence-electron chi connectivity index (χ3n) is 6.43. The van der Waals surface area contributed by atoms with E-state index in [9.17, 15) is 23.2 Å². The number of nitrogens with two attached hydrogens (primary N) is 1. The highest BCUT2D eigenvalue weighted by atomic mass is 19.2. The number of rotatable bonds is 9. The number of nitrogen functional groups attached to an aromatic ring is 1. The second-order valence-corrected chi connectivity index (χ2v) is 9.13. The van der Waals surface area contributed by atoms with Crippen molar-refractivity contribution in [3.05, 3.63) is 71.4 Å². The Hall–Kier alpha value is -3.88. The zero-order valence-electron chi connectivity index (χ0n) is 19.8. The van der Waals surface area contributed by atoms with Gasteiger partial charge in [-0.25, -0.2) is 13.8 Å². The number of carbonyl (C=O) groups excluding carboxylic acids is 3. The van der Waals surface area contributed by atoms with Crippen LogP contribution in [0.5, 0.6) is 0 Å². The standard InChI is InChI=1S/C27H28F2N4O3/c28-23-7-5-17(13-24(23)29)11-20(14-21(34)16-33-10-2-1-3-25(33)35)27(36)32-15-18-4-6-22-19(12-18)8-9-31-26(22)30/h4-9,12-13,20H,1-3,10-11,14-16H2,(H2,30,31)(H,32,36)/t20-/m1/s1. The molecule has 0 saturated carbocycles. The Balaban J connectivity index is 1.46. The lowest BCUT2D eigenvalue weighted by atomic mass is 9.92. The van der Waals surface area contributed by atoms with Gasteiger partial charge in [0, 0.05) is 43.4 Å². The lowest BCUT2D eigenvalue weighted by Gasteiger charge is -2.26. The predicted molar refractivity (Wildman–Crippen MR) is 132 cm³/mol. The summed E-state index contributed by atoms with van der Waals surface area (Å²) >= 11 is 0. The summed E-state index contributed by atoms with van der Waals surface area (Å²) in [6.45, 7) is 0.678. The smallest absolute Gasteiger partial charge is 0.224 e. The fourth-order valence-electron chi connectivity index (χ4n) is 4.48. The first-order chi connectivity index (χ1) is 17.3. The summed E-state index contributed by atoms with van der Waals surface area (Å²) in [5.74, 6) is -3.08. The average Bonchev–Trinajstić information content (AvgIpc) is 2.86. The van der Waals surface area contributed by atoms with Crippen molar-refractivity contribution in [3.63, 3.8) is 0 Å². The van der Waals surface area contributed by atoms with Gasteiger partial charge in [-0.2, -0.15) is 0 Å². The fraction of sp³-hybridized carbons (Fsp3) is 0.333. The molecule has 1 aliphatic heterocycles. The predicted octanol–water partition coefficient (Wildman–Crippen LogP) is 3.54. The molecular weight excluding hydrogens is 466 g/mol. The molecular formula is C27H28F2N4O3. The molecule has 4 rings (SSSR count). The first kappa shape index (κ1) is 25.2. The van der Waals surface area contributed by atoms with Crippen LogP contribution in [0.2, 0.25) is 0 Å². The monoisotopic (exact) mass is 494 g/mol. The van der Waals surface area contributed by atoms with Crippen molar-refractivity contribution >= 4 is 34.2 Å². The molecule has 2 amide bonds. The molecule has 1 fully saturated rings. The van der Waals surface area contributed by atoms with Crippen LogP contribution in [0.15, 0.2) is 48.7 Å². The summed E-state index contributed by atoms with van der Waals surface area (Å²) < 4.78 is 27.2. The molecule has 0 radical (unpaired) electrons. The third-order valence-corrected chi connectivity index (χ3v) is 6.43. The SMILES string of the molecule is Nc1nccc2cc(CNC(=O)[C@@H](CC(=O)CN3CCCCC3=O)Cc3ccc(F)c(F)c3)ccc12. The van der Waals surface area contributed by atoms with Crippen molar-refractivity contribution in [2.75, 3.05) is 18.8 Å². The van der Waals surface area contributed by atoms with Gasteiger partial charge < -0.3 is 16.0 Å². The molecule has 1 saturated heterocycles. The van der Waals surface area contributed by atoms with Crippen molar-refractivity contribution in [1.82, 2.24) is 15.2 Å². The topological polar surface area (TPSA) is 105 Å². The molecule has 1 aromatic heterocycles. The highest BCUT2D eigenvalue weighted by Crippen LogP contribution is 2.21. The average molecular weight is 495 g/mol. The Kier molecular flexibility index (Phi) is 7.87. The Morgan fingerprint density at radius 1 is 1.06 bits per heavy atom. The number of hydrogen-bond acceptors (Lipinski definition) is 5. The van der Waals surface area contributed by atoms with Gasteiger partial charge in [0.2, 0.25) is 11.8 Å². The normalized spacial score (nSPS) is 14.6. The van der Waals surface area contributed by atoms with Gasteiger partial charge in [-0.05, 0) is 60.0 Å². The number of carbonyl (C=O) groups is 3. The Labute approximate surface area is 207 Å². The summed E-state index contributed by atoms with van der Waals surface area (Å²) in [6.07, 6.45) is 3.61. The zero-order valence-corrected chi connectivity index (χ0v) is 19.8. The van der Waals surface area contributed by atoms with E-state index in [2.05, 4.69) is 10.3 Å². The number of fused-ring (bicyclic) bond motifs is 1. The number of ketones is 1. The van der Waals surface area contributed by atoms with Gasteiger partial charge in [0.25, 0.3) is 0 Å². The molecule has 0 bridgehead atoms. The van der Waals surface area contributed by atoms with E-state index in [0.717, 1.165) is 41.3 Å². The fourth-order valence-corrected chi connectivity index (χ4v) is 4.48. The minimum absolute atomic E-state index is 0.0550. The van der Waals surface area contributed by atoms with Crippen molar-refractivity contribution in [2.45, 2.75) is 38.6 Å². The number of amides is 2. The van der Waals surface area contributed by atoms with Crippen LogP contribution < -0.4 is 11.1 Å². The maximum atomic E-state index is 13.8. The number of anilines is 1. The van der Waals surface area contributed by atoms with E-state index in [4.69, 9.17) is 5.73 Å². The van der Waals surface area contributed by atoms with Crippen LogP contribution in [0.1, 0.15) is 36.8 Å². The molecule has 1 aliphatic rings. The summed E-state index contributed by atoms with van der Waals surface area (Å²) in [6, 6.07) is 10.8. The second-order valence-electron chi connectivity index (χ2n) is 9.13. The number of nitrogens with zero attached hydrogens (tertiary/aromatic N) is 2. The Morgan fingerprint density at radius 2 is 1.86 bits per heavy atom. The number of benzene rings is 2. The van der Waals surface area contributed by atoms with Gasteiger partial charge in [0.15, 0.2) is 17.4 Å². The molecule has 2 heterocycles. The molecule has 0 spiro atoms. The van der Waals surface area contributed by atoms with E-state index in [1.54, 1.807) is 6.20 Å². The quantitative estimate of drug-likeness (QED) is 0.473. The summed E-state index contributed by atoms with van der Waals surface area (Å²) in [7, 11) is 0. The molecule has 9 heteroatoms. The largest absolute Gasteiger partial charge is 0.383 e. The lowest BCUT2D eigenvalue weighted by Crippen LogP contribution is -2.40. The minimum atomic E-state index is -1.01. The van der Waals surface area contributed by atoms with Crippen LogP contribution in [0.4, 0.5) is 14.6 Å². The van der Waals surface area contributed by atoms with Gasteiger partial charge in [0.05, 0.1) is 6.54 Å². The maximum absolute atomic E-state index is 13.8. The van der Waals surface area contributed by atoms with Gasteiger partial charge in [-0.1, -0.05) is 18.2 Å². The number of aromatic nitrogens is 1. The number of halogens is 2. The van der Waals surface area contributed by atoms with Crippen molar-refractivity contribution < 1.29 is 23.2 Å². The molecule has 0 unspecified atom stereocenters. The maximum Gasteiger partial charge on any atom is 0.224 e. The van der Waals surface area contributed by atoms with Gasteiger partial charge >= 0.3 is 0 Å². The molecule has 3 N–H and O–H groups in total. The van der Waals surface area contributed by atoms with E-state index in [1.165, 1.54) is 11.0 Å². The zero-order chi connectivity index (χ0) is 25.7. The molecule has 36 heavy (non-hydrogen) atoms. The van der Waals surface area contributed by atoms with Gasteiger partial charge in [-0.15, -0.1) is 0 Å². The van der Waals surface area contributed by atoms with Crippen LogP contribution in [-0.2, 0) is 27.3 Å². The summed E-state index contributed by atoms with van der Waals surface area (Å²) in [5.41, 5.74) is 7.13.